The Morgan fingerprint density at radius 1 is 1.35 bits per heavy atom. The molecule has 1 aromatic carbocycles. The van der Waals surface area contributed by atoms with E-state index < -0.39 is 0 Å². The Morgan fingerprint density at radius 2 is 2.12 bits per heavy atom. The van der Waals surface area contributed by atoms with E-state index in [1.165, 1.54) is 5.56 Å². The molecule has 0 bridgehead atoms. The summed E-state index contributed by atoms with van der Waals surface area (Å²) in [5, 5.41) is 4.13. The first kappa shape index (κ1) is 14.5. The smallest absolute Gasteiger partial charge is 0.0928 e. The van der Waals surface area contributed by atoms with E-state index in [4.69, 9.17) is 21.1 Å². The van der Waals surface area contributed by atoms with Gasteiger partial charge in [0.2, 0.25) is 0 Å². The second-order valence-electron chi connectivity index (χ2n) is 4.03. The molecule has 1 unspecified atom stereocenters. The Labute approximate surface area is 108 Å². The first-order chi connectivity index (χ1) is 8.17. The summed E-state index contributed by atoms with van der Waals surface area (Å²) in [6.45, 7) is 4.14. The Kier molecular flexibility index (Phi) is 6.52. The zero-order valence-corrected chi connectivity index (χ0v) is 11.4. The molecule has 0 radical (unpaired) electrons. The maximum absolute atomic E-state index is 6.06. The Hall–Kier alpha value is -0.610. The summed E-state index contributed by atoms with van der Waals surface area (Å²) in [4.78, 5) is 0. The zero-order chi connectivity index (χ0) is 12.7. The van der Waals surface area contributed by atoms with Crippen molar-refractivity contribution in [3.8, 4) is 0 Å². The fraction of sp³-hybridized carbons (Fsp3) is 0.538. The number of halogens is 1. The predicted octanol–water partition coefficient (Wildman–Crippen LogP) is 2.40. The summed E-state index contributed by atoms with van der Waals surface area (Å²) in [5.41, 5.74) is 2.28. The zero-order valence-electron chi connectivity index (χ0n) is 10.6. The molecule has 0 fully saturated rings. The number of ether oxygens (including phenoxy) is 2. The highest BCUT2D eigenvalue weighted by Gasteiger charge is 2.06. The van der Waals surface area contributed by atoms with E-state index in [2.05, 4.69) is 11.4 Å². The van der Waals surface area contributed by atoms with E-state index >= 15 is 0 Å². The number of hydrogen-bond acceptors (Lipinski definition) is 3. The van der Waals surface area contributed by atoms with Gasteiger partial charge in [-0.1, -0.05) is 23.7 Å². The van der Waals surface area contributed by atoms with Crippen molar-refractivity contribution < 1.29 is 9.47 Å². The van der Waals surface area contributed by atoms with Crippen LogP contribution in [0.15, 0.2) is 18.2 Å². The molecule has 1 rings (SSSR count). The van der Waals surface area contributed by atoms with Crippen molar-refractivity contribution in [2.45, 2.75) is 19.6 Å². The molecule has 0 aliphatic rings. The van der Waals surface area contributed by atoms with Gasteiger partial charge >= 0.3 is 0 Å². The predicted molar refractivity (Wildman–Crippen MR) is 70.6 cm³/mol. The van der Waals surface area contributed by atoms with E-state index in [0.717, 1.165) is 23.7 Å². The highest BCUT2D eigenvalue weighted by molar-refractivity contribution is 6.31. The number of nitrogens with one attached hydrogen (secondary N) is 1. The third-order valence-electron chi connectivity index (χ3n) is 2.62. The third-order valence-corrected chi connectivity index (χ3v) is 3.03. The lowest BCUT2D eigenvalue weighted by molar-refractivity contribution is 0.0288. The standard InChI is InChI=1S/C13H20ClNO2/c1-10-4-5-11(6-13(10)14)7-15-8-12(17-3)9-16-2/h4-6,12,15H,7-9H2,1-3H3. The van der Waals surface area contributed by atoms with Gasteiger partial charge in [-0.3, -0.25) is 0 Å². The van der Waals surface area contributed by atoms with Gasteiger partial charge in [0.25, 0.3) is 0 Å². The van der Waals surface area contributed by atoms with Crippen LogP contribution in [0.1, 0.15) is 11.1 Å². The van der Waals surface area contributed by atoms with E-state index in [9.17, 15) is 0 Å². The monoisotopic (exact) mass is 257 g/mol. The molecule has 0 heterocycles. The minimum atomic E-state index is 0.0842. The van der Waals surface area contributed by atoms with Crippen LogP contribution in [0.5, 0.6) is 0 Å². The summed E-state index contributed by atoms with van der Waals surface area (Å²) in [6, 6.07) is 6.09. The number of hydrogen-bond donors (Lipinski definition) is 1. The van der Waals surface area contributed by atoms with Gasteiger partial charge in [-0.25, -0.2) is 0 Å². The molecule has 0 aliphatic carbocycles. The van der Waals surface area contributed by atoms with E-state index in [1.807, 2.05) is 19.1 Å². The topological polar surface area (TPSA) is 30.5 Å². The van der Waals surface area contributed by atoms with Crippen molar-refractivity contribution in [2.75, 3.05) is 27.4 Å². The molecule has 0 aliphatic heterocycles. The Bertz CT molecular complexity index is 344. The van der Waals surface area contributed by atoms with Gasteiger partial charge in [0.05, 0.1) is 12.7 Å². The minimum Gasteiger partial charge on any atom is -0.382 e. The van der Waals surface area contributed by atoms with Crippen molar-refractivity contribution in [1.29, 1.82) is 0 Å². The van der Waals surface area contributed by atoms with Crippen LogP contribution in [-0.2, 0) is 16.0 Å². The molecule has 1 N–H and O–H groups in total. The molecule has 17 heavy (non-hydrogen) atoms. The molecule has 0 spiro atoms. The highest BCUT2D eigenvalue weighted by Crippen LogP contribution is 2.16. The lowest BCUT2D eigenvalue weighted by atomic mass is 10.1. The van der Waals surface area contributed by atoms with Crippen molar-refractivity contribution in [3.63, 3.8) is 0 Å². The second-order valence-corrected chi connectivity index (χ2v) is 4.43. The van der Waals surface area contributed by atoms with E-state index in [0.29, 0.717) is 6.61 Å². The van der Waals surface area contributed by atoms with Gasteiger partial charge in [0.15, 0.2) is 0 Å². The summed E-state index contributed by atoms with van der Waals surface area (Å²) in [6.07, 6.45) is 0.0842. The molecule has 96 valence electrons. The summed E-state index contributed by atoms with van der Waals surface area (Å²) in [7, 11) is 3.36. The Balaban J connectivity index is 2.37. The van der Waals surface area contributed by atoms with Crippen LogP contribution >= 0.6 is 11.6 Å². The van der Waals surface area contributed by atoms with Crippen LogP contribution in [0.4, 0.5) is 0 Å². The Morgan fingerprint density at radius 3 is 2.71 bits per heavy atom. The lowest BCUT2D eigenvalue weighted by Gasteiger charge is -2.15. The van der Waals surface area contributed by atoms with Gasteiger partial charge in [-0.15, -0.1) is 0 Å². The van der Waals surface area contributed by atoms with Crippen LogP contribution < -0.4 is 5.32 Å². The van der Waals surface area contributed by atoms with Gasteiger partial charge < -0.3 is 14.8 Å². The molecule has 4 heteroatoms. The lowest BCUT2D eigenvalue weighted by Crippen LogP contribution is -2.31. The van der Waals surface area contributed by atoms with Gasteiger partial charge in [0, 0.05) is 32.3 Å². The maximum Gasteiger partial charge on any atom is 0.0928 e. The highest BCUT2D eigenvalue weighted by atomic mass is 35.5. The van der Waals surface area contributed by atoms with Gasteiger partial charge in [-0.2, -0.15) is 0 Å². The fourth-order valence-corrected chi connectivity index (χ4v) is 1.72. The van der Waals surface area contributed by atoms with Gasteiger partial charge in [-0.05, 0) is 24.1 Å². The average Bonchev–Trinajstić information content (AvgIpc) is 2.32. The maximum atomic E-state index is 6.06. The molecule has 0 saturated carbocycles. The average molecular weight is 258 g/mol. The number of rotatable bonds is 7. The second kappa shape index (κ2) is 7.67. The van der Waals surface area contributed by atoms with E-state index in [1.54, 1.807) is 14.2 Å². The quantitative estimate of drug-likeness (QED) is 0.814. The molecule has 0 amide bonds. The van der Waals surface area contributed by atoms with Crippen LogP contribution in [0.25, 0.3) is 0 Å². The van der Waals surface area contributed by atoms with Gasteiger partial charge in [0.1, 0.15) is 0 Å². The normalized spacial score (nSPS) is 12.7. The van der Waals surface area contributed by atoms with Crippen LogP contribution in [0, 0.1) is 6.92 Å². The number of methoxy groups -OCH3 is 2. The largest absolute Gasteiger partial charge is 0.382 e. The minimum absolute atomic E-state index is 0.0842. The first-order valence-electron chi connectivity index (χ1n) is 5.65. The van der Waals surface area contributed by atoms with Crippen LogP contribution in [-0.4, -0.2) is 33.5 Å². The molecule has 1 aromatic rings. The van der Waals surface area contributed by atoms with E-state index in [-0.39, 0.29) is 6.10 Å². The summed E-state index contributed by atoms with van der Waals surface area (Å²) >= 11 is 6.06. The van der Waals surface area contributed by atoms with Crippen LogP contribution in [0.2, 0.25) is 5.02 Å². The number of benzene rings is 1. The molecule has 1 atom stereocenters. The molecule has 3 nitrogen and oxygen atoms in total. The summed E-state index contributed by atoms with van der Waals surface area (Å²) < 4.78 is 10.3. The van der Waals surface area contributed by atoms with Crippen molar-refractivity contribution in [3.05, 3.63) is 34.3 Å². The molecular formula is C13H20ClNO2. The number of aryl methyl sites for hydroxylation is 1. The SMILES string of the molecule is COCC(CNCc1ccc(C)c(Cl)c1)OC. The first-order valence-corrected chi connectivity index (χ1v) is 6.02. The van der Waals surface area contributed by atoms with Crippen molar-refractivity contribution in [2.24, 2.45) is 0 Å². The van der Waals surface area contributed by atoms with Crippen molar-refractivity contribution in [1.82, 2.24) is 5.32 Å². The fourth-order valence-electron chi connectivity index (χ4n) is 1.52. The van der Waals surface area contributed by atoms with Crippen LogP contribution in [0.3, 0.4) is 0 Å². The third kappa shape index (κ3) is 5.04. The molecule has 0 saturated heterocycles. The molecular weight excluding hydrogens is 238 g/mol. The summed E-state index contributed by atoms with van der Waals surface area (Å²) in [5.74, 6) is 0. The molecule has 0 aromatic heterocycles. The van der Waals surface area contributed by atoms with Crippen molar-refractivity contribution >= 4 is 11.6 Å².